The predicted molar refractivity (Wildman–Crippen MR) is 125 cm³/mol. The normalized spacial score (nSPS) is 11.8. The molecule has 0 saturated heterocycles. The quantitative estimate of drug-likeness (QED) is 0.445. The molecule has 1 aromatic heterocycles. The van der Waals surface area contributed by atoms with Crippen LogP contribution >= 0.6 is 0 Å². The lowest BCUT2D eigenvalue weighted by Gasteiger charge is -2.21. The summed E-state index contributed by atoms with van der Waals surface area (Å²) in [7, 11) is 3.13. The highest BCUT2D eigenvalue weighted by Gasteiger charge is 2.21. The summed E-state index contributed by atoms with van der Waals surface area (Å²) >= 11 is 0. The van der Waals surface area contributed by atoms with Crippen LogP contribution in [0.25, 0.3) is 11.3 Å². The first kappa shape index (κ1) is 24.1. The summed E-state index contributed by atoms with van der Waals surface area (Å²) < 4.78 is 26.4. The molecule has 1 aliphatic rings. The van der Waals surface area contributed by atoms with Gasteiger partial charge in [0.2, 0.25) is 12.7 Å². The number of carbonyl (C=O) groups excluding carboxylic acids is 2. The van der Waals surface area contributed by atoms with Gasteiger partial charge in [-0.25, -0.2) is 0 Å². The molecule has 2 aromatic carbocycles. The number of carbonyl (C=O) groups is 2. The molecule has 0 atom stereocenters. The summed E-state index contributed by atoms with van der Waals surface area (Å²) in [4.78, 5) is 27.1. The Balaban J connectivity index is 1.34. The van der Waals surface area contributed by atoms with Crippen molar-refractivity contribution in [3.63, 3.8) is 0 Å². The van der Waals surface area contributed by atoms with Gasteiger partial charge in [0.25, 0.3) is 5.91 Å². The highest BCUT2D eigenvalue weighted by molar-refractivity contribution is 5.93. The maximum Gasteiger partial charge on any atom is 0.276 e. The number of hydrogen-bond acceptors (Lipinski definition) is 8. The SMILES string of the molecule is COCCN(CCC(=O)NCc1ccc2c(c1)OCO2)C(=O)c1cc(-c2cccc(OC)c2)on1. The number of fused-ring (bicyclic) bond motifs is 1. The van der Waals surface area contributed by atoms with Gasteiger partial charge in [-0.1, -0.05) is 23.4 Å². The summed E-state index contributed by atoms with van der Waals surface area (Å²) in [6.45, 7) is 1.38. The Morgan fingerprint density at radius 3 is 2.74 bits per heavy atom. The van der Waals surface area contributed by atoms with E-state index >= 15 is 0 Å². The Bertz CT molecular complexity index is 1180. The van der Waals surface area contributed by atoms with Crippen LogP contribution < -0.4 is 19.5 Å². The van der Waals surface area contributed by atoms with Gasteiger partial charge in [-0.2, -0.15) is 0 Å². The molecule has 10 heteroatoms. The van der Waals surface area contributed by atoms with Crippen LogP contribution in [0.3, 0.4) is 0 Å². The van der Waals surface area contributed by atoms with E-state index in [9.17, 15) is 9.59 Å². The molecule has 0 radical (unpaired) electrons. The third kappa shape index (κ3) is 6.10. The van der Waals surface area contributed by atoms with Gasteiger partial charge in [0.05, 0.1) is 13.7 Å². The van der Waals surface area contributed by atoms with Crippen LogP contribution in [0.15, 0.2) is 53.1 Å². The minimum absolute atomic E-state index is 0.126. The van der Waals surface area contributed by atoms with Crippen LogP contribution in [0.1, 0.15) is 22.5 Å². The molecule has 2 heterocycles. The molecule has 0 saturated carbocycles. The van der Waals surface area contributed by atoms with Crippen molar-refractivity contribution in [2.75, 3.05) is 40.7 Å². The second kappa shape index (κ2) is 11.4. The van der Waals surface area contributed by atoms with Crippen molar-refractivity contribution in [3.05, 3.63) is 59.8 Å². The summed E-state index contributed by atoms with van der Waals surface area (Å²) in [5.41, 5.74) is 1.78. The van der Waals surface area contributed by atoms with E-state index in [4.69, 9.17) is 23.5 Å². The summed E-state index contributed by atoms with van der Waals surface area (Å²) in [6, 6.07) is 14.4. The summed E-state index contributed by atoms with van der Waals surface area (Å²) in [5, 5.41) is 6.80. The predicted octanol–water partition coefficient (Wildman–Crippen LogP) is 2.87. The highest BCUT2D eigenvalue weighted by atomic mass is 16.7. The van der Waals surface area contributed by atoms with Gasteiger partial charge in [0.1, 0.15) is 5.75 Å². The topological polar surface area (TPSA) is 112 Å². The van der Waals surface area contributed by atoms with Crippen molar-refractivity contribution in [2.45, 2.75) is 13.0 Å². The molecule has 1 N–H and O–H groups in total. The fourth-order valence-corrected chi connectivity index (χ4v) is 3.54. The molecule has 1 aliphatic heterocycles. The lowest BCUT2D eigenvalue weighted by molar-refractivity contribution is -0.121. The second-order valence-electron chi connectivity index (χ2n) is 7.81. The van der Waals surface area contributed by atoms with E-state index in [0.717, 1.165) is 11.1 Å². The minimum atomic E-state index is -0.344. The van der Waals surface area contributed by atoms with E-state index in [2.05, 4.69) is 10.5 Å². The van der Waals surface area contributed by atoms with Gasteiger partial charge >= 0.3 is 0 Å². The molecule has 0 spiro atoms. The standard InChI is InChI=1S/C25H27N3O7/c1-31-11-10-28(9-8-24(29)26-15-17-6-7-21-23(12-17)34-16-33-21)25(30)20-14-22(35-27-20)18-4-3-5-19(13-18)32-2/h3-7,12-14H,8-11,15-16H2,1-2H3,(H,26,29). The zero-order valence-electron chi connectivity index (χ0n) is 19.6. The van der Waals surface area contributed by atoms with Gasteiger partial charge in [-0.3, -0.25) is 9.59 Å². The van der Waals surface area contributed by atoms with Crippen molar-refractivity contribution < 1.29 is 33.1 Å². The minimum Gasteiger partial charge on any atom is -0.497 e. The molecule has 0 fully saturated rings. The van der Waals surface area contributed by atoms with Gasteiger partial charge in [-0.05, 0) is 29.8 Å². The van der Waals surface area contributed by atoms with Crippen molar-refractivity contribution in [1.82, 2.24) is 15.4 Å². The van der Waals surface area contributed by atoms with Crippen LogP contribution in [0.5, 0.6) is 17.2 Å². The number of methoxy groups -OCH3 is 2. The molecular formula is C25H27N3O7. The van der Waals surface area contributed by atoms with Gasteiger partial charge in [0, 0.05) is 44.8 Å². The highest BCUT2D eigenvalue weighted by Crippen LogP contribution is 2.32. The van der Waals surface area contributed by atoms with Crippen LogP contribution in [-0.2, 0) is 16.1 Å². The molecule has 184 valence electrons. The largest absolute Gasteiger partial charge is 0.497 e. The third-order valence-corrected chi connectivity index (χ3v) is 5.47. The number of rotatable bonds is 11. The first-order chi connectivity index (χ1) is 17.1. The van der Waals surface area contributed by atoms with Gasteiger partial charge in [0.15, 0.2) is 23.0 Å². The molecular weight excluding hydrogens is 454 g/mol. The zero-order valence-corrected chi connectivity index (χ0v) is 19.6. The van der Waals surface area contributed by atoms with Crippen LogP contribution in [0.2, 0.25) is 0 Å². The van der Waals surface area contributed by atoms with E-state index in [1.54, 1.807) is 26.4 Å². The zero-order chi connectivity index (χ0) is 24.6. The number of benzene rings is 2. The van der Waals surface area contributed by atoms with Gasteiger partial charge in [-0.15, -0.1) is 0 Å². The fraction of sp³-hybridized carbons (Fsp3) is 0.320. The van der Waals surface area contributed by atoms with Crippen molar-refractivity contribution in [3.8, 4) is 28.6 Å². The number of aromatic nitrogens is 1. The van der Waals surface area contributed by atoms with Crippen molar-refractivity contribution in [2.24, 2.45) is 0 Å². The van der Waals surface area contributed by atoms with Crippen molar-refractivity contribution in [1.29, 1.82) is 0 Å². The fourth-order valence-electron chi connectivity index (χ4n) is 3.54. The van der Waals surface area contributed by atoms with E-state index in [0.29, 0.717) is 42.7 Å². The number of nitrogens with one attached hydrogen (secondary N) is 1. The van der Waals surface area contributed by atoms with Gasteiger partial charge < -0.3 is 33.7 Å². The molecule has 2 amide bonds. The van der Waals surface area contributed by atoms with Crippen LogP contribution in [-0.4, -0.2) is 62.6 Å². The van der Waals surface area contributed by atoms with E-state index in [1.165, 1.54) is 4.90 Å². The Labute approximate surface area is 202 Å². The molecule has 4 rings (SSSR count). The number of hydrogen-bond donors (Lipinski definition) is 1. The Kier molecular flexibility index (Phi) is 7.84. The first-order valence-corrected chi connectivity index (χ1v) is 11.1. The maximum absolute atomic E-state index is 13.1. The average molecular weight is 482 g/mol. The van der Waals surface area contributed by atoms with Crippen LogP contribution in [0, 0.1) is 0 Å². The monoisotopic (exact) mass is 481 g/mol. The first-order valence-electron chi connectivity index (χ1n) is 11.1. The number of nitrogens with zero attached hydrogens (tertiary/aromatic N) is 2. The molecule has 10 nitrogen and oxygen atoms in total. The molecule has 0 aliphatic carbocycles. The molecule has 3 aromatic rings. The van der Waals surface area contributed by atoms with E-state index < -0.39 is 0 Å². The molecule has 0 unspecified atom stereocenters. The summed E-state index contributed by atoms with van der Waals surface area (Å²) in [6.07, 6.45) is 0.126. The molecule has 35 heavy (non-hydrogen) atoms. The van der Waals surface area contributed by atoms with E-state index in [1.807, 2.05) is 36.4 Å². The smallest absolute Gasteiger partial charge is 0.276 e. The van der Waals surface area contributed by atoms with Crippen LogP contribution in [0.4, 0.5) is 0 Å². The maximum atomic E-state index is 13.1. The average Bonchev–Trinajstić information content (AvgIpc) is 3.57. The van der Waals surface area contributed by atoms with Crippen molar-refractivity contribution >= 4 is 11.8 Å². The lowest BCUT2D eigenvalue weighted by atomic mass is 10.1. The summed E-state index contributed by atoms with van der Waals surface area (Å²) in [5.74, 6) is 1.93. The number of ether oxygens (including phenoxy) is 4. The second-order valence-corrected chi connectivity index (χ2v) is 7.81. The Morgan fingerprint density at radius 1 is 1.06 bits per heavy atom. The Hall–Kier alpha value is -4.05. The lowest BCUT2D eigenvalue weighted by Crippen LogP contribution is -2.37. The number of amides is 2. The Morgan fingerprint density at radius 2 is 1.91 bits per heavy atom. The molecule has 0 bridgehead atoms. The van der Waals surface area contributed by atoms with E-state index in [-0.39, 0.29) is 37.3 Å². The third-order valence-electron chi connectivity index (χ3n) is 5.47.